The van der Waals surface area contributed by atoms with Gasteiger partial charge < -0.3 is 15.3 Å². The molecule has 138 valence electrons. The van der Waals surface area contributed by atoms with Gasteiger partial charge in [-0.05, 0) is 25.3 Å². The first-order valence-electron chi connectivity index (χ1n) is 8.73. The first-order chi connectivity index (χ1) is 12.5. The van der Waals surface area contributed by atoms with Gasteiger partial charge in [-0.2, -0.15) is 5.10 Å². The first-order valence-corrected chi connectivity index (χ1v) is 8.73. The number of fused-ring (bicyclic) bond motifs is 1. The zero-order valence-corrected chi connectivity index (χ0v) is 14.8. The molecular formula is C18H23N5O3. The van der Waals surface area contributed by atoms with Crippen LogP contribution in [0.3, 0.4) is 0 Å². The zero-order chi connectivity index (χ0) is 18.5. The molecule has 8 heteroatoms. The Balaban J connectivity index is 1.63. The molecule has 1 unspecified atom stereocenters. The van der Waals surface area contributed by atoms with Gasteiger partial charge in [-0.25, -0.2) is 14.5 Å². The van der Waals surface area contributed by atoms with Crippen LogP contribution < -0.4 is 5.32 Å². The van der Waals surface area contributed by atoms with E-state index < -0.39 is 5.97 Å². The van der Waals surface area contributed by atoms with Crippen molar-refractivity contribution in [2.24, 2.45) is 0 Å². The summed E-state index contributed by atoms with van der Waals surface area (Å²) in [5.74, 6) is 0.610. The maximum absolute atomic E-state index is 12.7. The first kappa shape index (κ1) is 17.9. The van der Waals surface area contributed by atoms with Crippen molar-refractivity contribution in [3.63, 3.8) is 0 Å². The maximum atomic E-state index is 12.7. The minimum absolute atomic E-state index is 0.0191. The summed E-state index contributed by atoms with van der Waals surface area (Å²) in [6.45, 7) is 3.40. The molecule has 0 saturated heterocycles. The molecule has 0 saturated carbocycles. The molecule has 2 heterocycles. The third-order valence-electron chi connectivity index (χ3n) is 4.41. The number of nitrogens with one attached hydrogen (secondary N) is 1. The lowest BCUT2D eigenvalue weighted by Crippen LogP contribution is -2.48. The maximum Gasteiger partial charge on any atom is 0.318 e. The van der Waals surface area contributed by atoms with Crippen LogP contribution in [-0.2, 0) is 24.3 Å². The number of aromatic nitrogens is 3. The lowest BCUT2D eigenvalue weighted by Gasteiger charge is -2.29. The summed E-state index contributed by atoms with van der Waals surface area (Å²) in [5.41, 5.74) is 1.07. The smallest absolute Gasteiger partial charge is 0.318 e. The quantitative estimate of drug-likeness (QED) is 0.818. The van der Waals surface area contributed by atoms with Crippen molar-refractivity contribution in [1.82, 2.24) is 25.0 Å². The number of benzene rings is 1. The second kappa shape index (κ2) is 7.99. The average molecular weight is 357 g/mol. The van der Waals surface area contributed by atoms with Crippen LogP contribution in [0.15, 0.2) is 30.3 Å². The summed E-state index contributed by atoms with van der Waals surface area (Å²) in [5, 5.41) is 16.3. The van der Waals surface area contributed by atoms with Gasteiger partial charge in [0.2, 0.25) is 0 Å². The zero-order valence-electron chi connectivity index (χ0n) is 14.8. The number of hydrogen-bond acceptors (Lipinski definition) is 4. The van der Waals surface area contributed by atoms with Crippen molar-refractivity contribution in [2.45, 2.75) is 45.3 Å². The van der Waals surface area contributed by atoms with Crippen molar-refractivity contribution in [3.05, 3.63) is 47.5 Å². The molecule has 2 aromatic rings. The molecule has 1 aromatic heterocycles. The van der Waals surface area contributed by atoms with Crippen molar-refractivity contribution < 1.29 is 14.7 Å². The standard InChI is InChI=1S/C18H23N5O3/c1-13-19-16-12-22(9-10-23(16)21-13)18(26)20-15(7-8-17(24)25)11-14-5-3-2-4-6-14/h2-6,15H,7-12H2,1H3,(H,20,26)(H,24,25). The number of rotatable bonds is 6. The van der Waals surface area contributed by atoms with Gasteiger partial charge in [0.25, 0.3) is 0 Å². The monoisotopic (exact) mass is 357 g/mol. The minimum Gasteiger partial charge on any atom is -0.481 e. The van der Waals surface area contributed by atoms with E-state index in [1.54, 1.807) is 4.90 Å². The number of carbonyl (C=O) groups excluding carboxylic acids is 1. The van der Waals surface area contributed by atoms with Gasteiger partial charge in [0, 0.05) is 19.0 Å². The second-order valence-electron chi connectivity index (χ2n) is 6.49. The number of nitrogens with zero attached hydrogens (tertiary/aromatic N) is 4. The van der Waals surface area contributed by atoms with Crippen LogP contribution in [0.4, 0.5) is 4.79 Å². The largest absolute Gasteiger partial charge is 0.481 e. The summed E-state index contributed by atoms with van der Waals surface area (Å²) in [4.78, 5) is 29.7. The van der Waals surface area contributed by atoms with Gasteiger partial charge in [-0.15, -0.1) is 0 Å². The van der Waals surface area contributed by atoms with Crippen molar-refractivity contribution in [2.75, 3.05) is 6.54 Å². The molecule has 26 heavy (non-hydrogen) atoms. The molecule has 1 atom stereocenters. The van der Waals surface area contributed by atoms with Crippen LogP contribution >= 0.6 is 0 Å². The molecule has 1 aliphatic rings. The normalized spacial score (nSPS) is 14.6. The fourth-order valence-electron chi connectivity index (χ4n) is 3.12. The topological polar surface area (TPSA) is 100 Å². The SMILES string of the molecule is Cc1nc2n(n1)CCN(C(=O)NC(CCC(=O)O)Cc1ccccc1)C2. The number of urea groups is 1. The summed E-state index contributed by atoms with van der Waals surface area (Å²) in [7, 11) is 0. The van der Waals surface area contributed by atoms with E-state index in [0.29, 0.717) is 38.3 Å². The second-order valence-corrected chi connectivity index (χ2v) is 6.49. The molecule has 0 radical (unpaired) electrons. The third-order valence-corrected chi connectivity index (χ3v) is 4.41. The number of amides is 2. The summed E-state index contributed by atoms with van der Waals surface area (Å²) in [6, 6.07) is 9.33. The number of carbonyl (C=O) groups is 2. The molecule has 2 N–H and O–H groups in total. The fourth-order valence-corrected chi connectivity index (χ4v) is 3.12. The highest BCUT2D eigenvalue weighted by Crippen LogP contribution is 2.12. The van der Waals surface area contributed by atoms with Gasteiger partial charge in [0.1, 0.15) is 11.6 Å². The molecule has 0 spiro atoms. The highest BCUT2D eigenvalue weighted by atomic mass is 16.4. The van der Waals surface area contributed by atoms with E-state index in [1.165, 1.54) is 0 Å². The third kappa shape index (κ3) is 4.59. The van der Waals surface area contributed by atoms with Crippen LogP contribution in [0, 0.1) is 6.92 Å². The Kier molecular flexibility index (Phi) is 5.50. The number of hydrogen-bond donors (Lipinski definition) is 2. The van der Waals surface area contributed by atoms with Gasteiger partial charge in [0.15, 0.2) is 0 Å². The Bertz CT molecular complexity index is 774. The molecule has 0 aliphatic carbocycles. The van der Waals surface area contributed by atoms with Crippen LogP contribution in [0.5, 0.6) is 0 Å². The van der Waals surface area contributed by atoms with Crippen LogP contribution in [0.1, 0.15) is 30.1 Å². The Hall–Kier alpha value is -2.90. The van der Waals surface area contributed by atoms with Gasteiger partial charge in [-0.1, -0.05) is 30.3 Å². The Labute approximate surface area is 151 Å². The predicted molar refractivity (Wildman–Crippen MR) is 94.5 cm³/mol. The van der Waals surface area contributed by atoms with Crippen molar-refractivity contribution in [3.8, 4) is 0 Å². The van der Waals surface area contributed by atoms with Crippen LogP contribution in [0.25, 0.3) is 0 Å². The van der Waals surface area contributed by atoms with E-state index in [1.807, 2.05) is 41.9 Å². The molecule has 2 amide bonds. The number of aliphatic carboxylic acids is 1. The molecular weight excluding hydrogens is 334 g/mol. The lowest BCUT2D eigenvalue weighted by atomic mass is 10.0. The van der Waals surface area contributed by atoms with E-state index in [9.17, 15) is 9.59 Å². The number of aryl methyl sites for hydroxylation is 1. The van der Waals surface area contributed by atoms with Crippen molar-refractivity contribution >= 4 is 12.0 Å². The Morgan fingerprint density at radius 2 is 2.04 bits per heavy atom. The summed E-state index contributed by atoms with van der Waals surface area (Å²) < 4.78 is 1.82. The molecule has 3 rings (SSSR count). The van der Waals surface area contributed by atoms with Crippen molar-refractivity contribution in [1.29, 1.82) is 0 Å². The van der Waals surface area contributed by atoms with E-state index in [0.717, 1.165) is 11.4 Å². The number of carboxylic acid groups (broad SMARTS) is 1. The van der Waals surface area contributed by atoms with Gasteiger partial charge in [-0.3, -0.25) is 4.79 Å². The number of carboxylic acids is 1. The molecule has 8 nitrogen and oxygen atoms in total. The molecule has 1 aliphatic heterocycles. The molecule has 1 aromatic carbocycles. The predicted octanol–water partition coefficient (Wildman–Crippen LogP) is 1.59. The minimum atomic E-state index is -0.862. The van der Waals surface area contributed by atoms with E-state index in [-0.39, 0.29) is 18.5 Å². The highest BCUT2D eigenvalue weighted by Gasteiger charge is 2.25. The summed E-state index contributed by atoms with van der Waals surface area (Å²) >= 11 is 0. The average Bonchev–Trinajstić information content (AvgIpc) is 2.99. The molecule has 0 fully saturated rings. The van der Waals surface area contributed by atoms with Gasteiger partial charge in [0.05, 0.1) is 13.1 Å². The highest BCUT2D eigenvalue weighted by molar-refractivity contribution is 5.74. The van der Waals surface area contributed by atoms with Crippen LogP contribution in [0.2, 0.25) is 0 Å². The van der Waals surface area contributed by atoms with Gasteiger partial charge >= 0.3 is 12.0 Å². The van der Waals surface area contributed by atoms with E-state index >= 15 is 0 Å². The Morgan fingerprint density at radius 1 is 1.27 bits per heavy atom. The van der Waals surface area contributed by atoms with Crippen LogP contribution in [-0.4, -0.2) is 49.4 Å². The lowest BCUT2D eigenvalue weighted by molar-refractivity contribution is -0.137. The fraction of sp³-hybridized carbons (Fsp3) is 0.444. The van der Waals surface area contributed by atoms with E-state index in [2.05, 4.69) is 15.4 Å². The van der Waals surface area contributed by atoms with E-state index in [4.69, 9.17) is 5.11 Å². The Morgan fingerprint density at radius 3 is 2.77 bits per heavy atom. The molecule has 0 bridgehead atoms. The summed E-state index contributed by atoms with van der Waals surface area (Å²) in [6.07, 6.45) is 1.01.